The van der Waals surface area contributed by atoms with Crippen LogP contribution in [0.25, 0.3) is 0 Å². The number of nitrogens with two attached hydrogens (primary N) is 1. The van der Waals surface area contributed by atoms with Crippen LogP contribution in [0.4, 0.5) is 0 Å². The Labute approximate surface area is 119 Å². The molecule has 0 saturated carbocycles. The molecule has 104 valence electrons. The van der Waals surface area contributed by atoms with E-state index in [-0.39, 0.29) is 24.2 Å². The summed E-state index contributed by atoms with van der Waals surface area (Å²) < 4.78 is 0. The first kappa shape index (κ1) is 17.4. The molecular weight excluding hydrogens is 270 g/mol. The van der Waals surface area contributed by atoms with E-state index in [2.05, 4.69) is 17.2 Å². The van der Waals surface area contributed by atoms with E-state index in [4.69, 9.17) is 5.73 Å². The molecule has 0 aliphatic heterocycles. The average molecular weight is 292 g/mol. The van der Waals surface area contributed by atoms with Gasteiger partial charge in [0, 0.05) is 17.8 Å². The van der Waals surface area contributed by atoms with E-state index < -0.39 is 6.04 Å². The summed E-state index contributed by atoms with van der Waals surface area (Å²) >= 11 is 1.69. The minimum absolute atomic E-state index is 0. The van der Waals surface area contributed by atoms with Gasteiger partial charge >= 0.3 is 0 Å². The topological polar surface area (TPSA) is 68.0 Å². The van der Waals surface area contributed by atoms with E-state index in [0.717, 1.165) is 17.1 Å². The Hall–Kier alpha value is -0.650. The van der Waals surface area contributed by atoms with Gasteiger partial charge in [-0.15, -0.1) is 23.7 Å². The monoisotopic (exact) mass is 291 g/mol. The zero-order chi connectivity index (χ0) is 13.0. The van der Waals surface area contributed by atoms with Crippen molar-refractivity contribution in [2.45, 2.75) is 40.2 Å². The highest BCUT2D eigenvalue weighted by Gasteiger charge is 2.16. The zero-order valence-electron chi connectivity index (χ0n) is 11.3. The molecule has 1 atom stereocenters. The van der Waals surface area contributed by atoms with Gasteiger partial charge in [0.05, 0.1) is 16.7 Å². The standard InChI is InChI=1S/C12H21N3OS.ClH/c1-7(2)11(13)12(16)14-6-5-10-15-8(3)9(4)17-10;/h7,11H,5-6,13H2,1-4H3,(H,14,16);1H/t11-;/m0./s1. The third-order valence-electron chi connectivity index (χ3n) is 2.73. The Balaban J connectivity index is 0.00000289. The molecular formula is C12H22ClN3OS. The van der Waals surface area contributed by atoms with Gasteiger partial charge in [0.2, 0.25) is 5.91 Å². The normalized spacial score (nSPS) is 12.1. The van der Waals surface area contributed by atoms with Gasteiger partial charge in [-0.25, -0.2) is 4.98 Å². The molecule has 0 aliphatic carbocycles. The summed E-state index contributed by atoms with van der Waals surface area (Å²) in [5.74, 6) is 0.0874. The fraction of sp³-hybridized carbons (Fsp3) is 0.667. The molecule has 0 bridgehead atoms. The maximum absolute atomic E-state index is 11.6. The first-order valence-corrected chi connectivity index (χ1v) is 6.69. The number of aryl methyl sites for hydroxylation is 2. The number of amides is 1. The van der Waals surface area contributed by atoms with Gasteiger partial charge in [-0.1, -0.05) is 13.8 Å². The number of thiazole rings is 1. The molecule has 0 spiro atoms. The highest BCUT2D eigenvalue weighted by atomic mass is 35.5. The second-order valence-electron chi connectivity index (χ2n) is 4.56. The Morgan fingerprint density at radius 1 is 1.44 bits per heavy atom. The molecule has 1 aromatic rings. The van der Waals surface area contributed by atoms with Crippen LogP contribution in [0.15, 0.2) is 0 Å². The lowest BCUT2D eigenvalue weighted by molar-refractivity contribution is -0.123. The predicted molar refractivity (Wildman–Crippen MR) is 78.4 cm³/mol. The van der Waals surface area contributed by atoms with Crippen molar-refractivity contribution in [1.29, 1.82) is 0 Å². The van der Waals surface area contributed by atoms with Crippen LogP contribution in [0.1, 0.15) is 29.4 Å². The molecule has 4 nitrogen and oxygen atoms in total. The van der Waals surface area contributed by atoms with E-state index in [1.165, 1.54) is 4.88 Å². The van der Waals surface area contributed by atoms with E-state index in [0.29, 0.717) is 6.54 Å². The number of hydrogen-bond donors (Lipinski definition) is 2. The number of halogens is 1. The van der Waals surface area contributed by atoms with Crippen molar-refractivity contribution >= 4 is 29.7 Å². The van der Waals surface area contributed by atoms with E-state index >= 15 is 0 Å². The van der Waals surface area contributed by atoms with E-state index in [9.17, 15) is 4.79 Å². The lowest BCUT2D eigenvalue weighted by atomic mass is 10.1. The highest BCUT2D eigenvalue weighted by molar-refractivity contribution is 7.11. The molecule has 1 amide bonds. The van der Waals surface area contributed by atoms with Crippen molar-refractivity contribution in [2.75, 3.05) is 6.54 Å². The van der Waals surface area contributed by atoms with Crippen LogP contribution in [0.2, 0.25) is 0 Å². The molecule has 0 radical (unpaired) electrons. The van der Waals surface area contributed by atoms with Gasteiger partial charge in [0.15, 0.2) is 0 Å². The summed E-state index contributed by atoms with van der Waals surface area (Å²) in [5.41, 5.74) is 6.82. The molecule has 18 heavy (non-hydrogen) atoms. The Morgan fingerprint density at radius 2 is 2.06 bits per heavy atom. The number of nitrogens with zero attached hydrogens (tertiary/aromatic N) is 1. The number of carbonyl (C=O) groups excluding carboxylic acids is 1. The van der Waals surface area contributed by atoms with Crippen LogP contribution in [-0.2, 0) is 11.2 Å². The SMILES string of the molecule is Cc1nc(CCNC(=O)[C@@H](N)C(C)C)sc1C.Cl. The molecule has 0 fully saturated rings. The summed E-state index contributed by atoms with van der Waals surface area (Å²) in [6, 6.07) is -0.422. The Kier molecular flexibility index (Phi) is 7.43. The van der Waals surface area contributed by atoms with Crippen LogP contribution in [0.5, 0.6) is 0 Å². The molecule has 6 heteroatoms. The third-order valence-corrected chi connectivity index (χ3v) is 3.86. The van der Waals surface area contributed by atoms with Crippen LogP contribution >= 0.6 is 23.7 Å². The van der Waals surface area contributed by atoms with Gasteiger partial charge in [0.1, 0.15) is 0 Å². The smallest absolute Gasteiger partial charge is 0.237 e. The van der Waals surface area contributed by atoms with Crippen molar-refractivity contribution in [1.82, 2.24) is 10.3 Å². The molecule has 0 saturated heterocycles. The molecule has 0 unspecified atom stereocenters. The number of nitrogens with one attached hydrogen (secondary N) is 1. The first-order chi connectivity index (χ1) is 7.91. The molecule has 1 aromatic heterocycles. The minimum Gasteiger partial charge on any atom is -0.354 e. The Bertz CT molecular complexity index is 373. The second kappa shape index (κ2) is 7.71. The molecule has 3 N–H and O–H groups in total. The minimum atomic E-state index is -0.422. The van der Waals surface area contributed by atoms with E-state index in [1.54, 1.807) is 11.3 Å². The predicted octanol–water partition coefficient (Wildman–Crippen LogP) is 1.82. The third kappa shape index (κ3) is 4.92. The average Bonchev–Trinajstić information content (AvgIpc) is 2.57. The quantitative estimate of drug-likeness (QED) is 0.869. The molecule has 0 aliphatic rings. The maximum Gasteiger partial charge on any atom is 0.237 e. The van der Waals surface area contributed by atoms with Crippen LogP contribution in [0.3, 0.4) is 0 Å². The summed E-state index contributed by atoms with van der Waals surface area (Å²) in [4.78, 5) is 17.3. The van der Waals surface area contributed by atoms with Crippen molar-refractivity contribution in [3.05, 3.63) is 15.6 Å². The lowest BCUT2D eigenvalue weighted by Crippen LogP contribution is -2.44. The van der Waals surface area contributed by atoms with Gasteiger partial charge in [-0.05, 0) is 19.8 Å². The van der Waals surface area contributed by atoms with Gasteiger partial charge < -0.3 is 11.1 Å². The molecule has 1 rings (SSSR count). The summed E-state index contributed by atoms with van der Waals surface area (Å²) in [5, 5.41) is 3.91. The Morgan fingerprint density at radius 3 is 2.50 bits per heavy atom. The van der Waals surface area contributed by atoms with Crippen molar-refractivity contribution in [2.24, 2.45) is 11.7 Å². The lowest BCUT2D eigenvalue weighted by Gasteiger charge is -2.14. The fourth-order valence-corrected chi connectivity index (χ4v) is 2.29. The van der Waals surface area contributed by atoms with Crippen LogP contribution in [-0.4, -0.2) is 23.5 Å². The number of rotatable bonds is 5. The summed E-state index contributed by atoms with van der Waals surface area (Å²) in [6.45, 7) is 8.55. The molecule has 0 aromatic carbocycles. The van der Waals surface area contributed by atoms with E-state index in [1.807, 2.05) is 20.8 Å². The van der Waals surface area contributed by atoms with Gasteiger partial charge in [0.25, 0.3) is 0 Å². The summed E-state index contributed by atoms with van der Waals surface area (Å²) in [6.07, 6.45) is 0.774. The second-order valence-corrected chi connectivity index (χ2v) is 5.85. The largest absolute Gasteiger partial charge is 0.354 e. The van der Waals surface area contributed by atoms with Crippen LogP contribution < -0.4 is 11.1 Å². The van der Waals surface area contributed by atoms with Crippen molar-refractivity contribution < 1.29 is 4.79 Å². The fourth-order valence-electron chi connectivity index (χ4n) is 1.36. The highest BCUT2D eigenvalue weighted by Crippen LogP contribution is 2.16. The maximum atomic E-state index is 11.6. The number of aromatic nitrogens is 1. The zero-order valence-corrected chi connectivity index (χ0v) is 13.0. The summed E-state index contributed by atoms with van der Waals surface area (Å²) in [7, 11) is 0. The van der Waals surface area contributed by atoms with Crippen molar-refractivity contribution in [3.63, 3.8) is 0 Å². The van der Waals surface area contributed by atoms with Gasteiger partial charge in [-0.3, -0.25) is 4.79 Å². The first-order valence-electron chi connectivity index (χ1n) is 5.88. The number of carbonyl (C=O) groups is 1. The number of hydrogen-bond acceptors (Lipinski definition) is 4. The molecule has 1 heterocycles. The van der Waals surface area contributed by atoms with Gasteiger partial charge in [-0.2, -0.15) is 0 Å². The van der Waals surface area contributed by atoms with Crippen molar-refractivity contribution in [3.8, 4) is 0 Å². The van der Waals surface area contributed by atoms with Crippen LogP contribution in [0, 0.1) is 19.8 Å².